The minimum atomic E-state index is -0.750. The molecule has 1 aromatic carbocycles. The molecule has 1 aromatic heterocycles. The molecule has 0 unspecified atom stereocenters. The van der Waals surface area contributed by atoms with Gasteiger partial charge in [0.05, 0.1) is 11.4 Å². The van der Waals surface area contributed by atoms with E-state index in [1.165, 1.54) is 6.92 Å². The van der Waals surface area contributed by atoms with Crippen molar-refractivity contribution in [2.24, 2.45) is 0 Å². The summed E-state index contributed by atoms with van der Waals surface area (Å²) >= 11 is 0. The smallest absolute Gasteiger partial charge is 0.315 e. The van der Waals surface area contributed by atoms with Crippen molar-refractivity contribution in [2.45, 2.75) is 26.4 Å². The number of alkyl halides is 1. The number of nitrogens with one attached hydrogen (secondary N) is 3. The van der Waals surface area contributed by atoms with E-state index in [2.05, 4.69) is 21.0 Å². The van der Waals surface area contributed by atoms with E-state index in [0.717, 1.165) is 16.9 Å². The Morgan fingerprint density at radius 1 is 1.24 bits per heavy atom. The second-order valence-corrected chi connectivity index (χ2v) is 5.55. The number of amides is 3. The minimum Gasteiger partial charge on any atom is -0.352 e. The number of hydrogen-bond acceptors (Lipinski definition) is 3. The highest BCUT2D eigenvalue weighted by molar-refractivity contribution is 5.86. The van der Waals surface area contributed by atoms with Gasteiger partial charge in [-0.25, -0.2) is 13.9 Å². The molecule has 0 aliphatic heterocycles. The maximum Gasteiger partial charge on any atom is 0.315 e. The molecule has 25 heavy (non-hydrogen) atoms. The monoisotopic (exact) mass is 347 g/mol. The van der Waals surface area contributed by atoms with Crippen LogP contribution < -0.4 is 16.0 Å². The van der Waals surface area contributed by atoms with Gasteiger partial charge in [-0.3, -0.25) is 4.79 Å². The summed E-state index contributed by atoms with van der Waals surface area (Å²) in [6, 6.07) is 8.43. The van der Waals surface area contributed by atoms with Gasteiger partial charge in [-0.2, -0.15) is 5.10 Å². The van der Waals surface area contributed by atoms with Crippen LogP contribution in [0.15, 0.2) is 36.5 Å². The lowest BCUT2D eigenvalue weighted by molar-refractivity contribution is -0.122. The van der Waals surface area contributed by atoms with E-state index < -0.39 is 24.7 Å². The topological polar surface area (TPSA) is 88.1 Å². The molecule has 7 nitrogen and oxygen atoms in total. The first-order valence-electron chi connectivity index (χ1n) is 8.00. The Morgan fingerprint density at radius 2 is 1.96 bits per heavy atom. The van der Waals surface area contributed by atoms with Crippen molar-refractivity contribution in [2.75, 3.05) is 13.2 Å². The number of carbonyl (C=O) groups excluding carboxylic acids is 2. The van der Waals surface area contributed by atoms with Gasteiger partial charge in [-0.05, 0) is 26.0 Å². The first kappa shape index (κ1) is 18.4. The predicted molar refractivity (Wildman–Crippen MR) is 92.1 cm³/mol. The summed E-state index contributed by atoms with van der Waals surface area (Å²) in [5, 5.41) is 12.0. The summed E-state index contributed by atoms with van der Waals surface area (Å²) in [7, 11) is 0. The zero-order chi connectivity index (χ0) is 18.2. The van der Waals surface area contributed by atoms with Gasteiger partial charge in [0.2, 0.25) is 5.91 Å². The molecule has 0 saturated heterocycles. The zero-order valence-electron chi connectivity index (χ0n) is 14.3. The van der Waals surface area contributed by atoms with Gasteiger partial charge in [-0.1, -0.05) is 18.2 Å². The fraction of sp³-hybridized carbons (Fsp3) is 0.353. The van der Waals surface area contributed by atoms with Crippen LogP contribution in [0.2, 0.25) is 0 Å². The molecule has 1 heterocycles. The quantitative estimate of drug-likeness (QED) is 0.708. The van der Waals surface area contributed by atoms with E-state index in [4.69, 9.17) is 0 Å². The number of rotatable bonds is 7. The molecule has 3 amide bonds. The first-order chi connectivity index (χ1) is 12.0. The Hall–Kier alpha value is -2.90. The predicted octanol–water partition coefficient (Wildman–Crippen LogP) is 1.45. The molecule has 2 aromatic rings. The van der Waals surface area contributed by atoms with E-state index in [1.807, 2.05) is 43.5 Å². The van der Waals surface area contributed by atoms with E-state index in [1.54, 1.807) is 4.68 Å². The third-order valence-corrected chi connectivity index (χ3v) is 3.60. The third kappa shape index (κ3) is 5.30. The molecular formula is C17H22FN5O2. The SMILES string of the molecule is Cc1nn(-c2ccccc2)cc1CNC(=O)N[C@H](C)C(=O)NCCF. The largest absolute Gasteiger partial charge is 0.352 e. The maximum atomic E-state index is 12.0. The third-order valence-electron chi connectivity index (χ3n) is 3.60. The highest BCUT2D eigenvalue weighted by Crippen LogP contribution is 2.11. The number of para-hydroxylation sites is 1. The van der Waals surface area contributed by atoms with Crippen LogP contribution in [0.3, 0.4) is 0 Å². The summed E-state index contributed by atoms with van der Waals surface area (Å²) in [5.74, 6) is -0.430. The molecule has 134 valence electrons. The summed E-state index contributed by atoms with van der Waals surface area (Å²) in [4.78, 5) is 23.5. The van der Waals surface area contributed by atoms with Gasteiger partial charge in [-0.15, -0.1) is 0 Å². The Morgan fingerprint density at radius 3 is 2.64 bits per heavy atom. The first-order valence-corrected chi connectivity index (χ1v) is 8.00. The fourth-order valence-corrected chi connectivity index (χ4v) is 2.19. The highest BCUT2D eigenvalue weighted by atomic mass is 19.1. The Balaban J connectivity index is 1.88. The van der Waals surface area contributed by atoms with Crippen LogP contribution in [0.25, 0.3) is 5.69 Å². The number of aromatic nitrogens is 2. The van der Waals surface area contributed by atoms with Gasteiger partial charge in [0.25, 0.3) is 0 Å². The summed E-state index contributed by atoms with van der Waals surface area (Å²) in [6.45, 7) is 2.97. The van der Waals surface area contributed by atoms with Crippen LogP contribution in [0.1, 0.15) is 18.2 Å². The van der Waals surface area contributed by atoms with Gasteiger partial charge in [0.1, 0.15) is 12.7 Å². The number of hydrogen-bond donors (Lipinski definition) is 3. The Kier molecular flexibility index (Phi) is 6.50. The number of benzene rings is 1. The van der Waals surface area contributed by atoms with Crippen LogP contribution in [-0.4, -0.2) is 41.0 Å². The molecule has 0 fully saturated rings. The zero-order valence-corrected chi connectivity index (χ0v) is 14.3. The molecule has 8 heteroatoms. The molecule has 0 radical (unpaired) electrons. The molecule has 0 bridgehead atoms. The van der Waals surface area contributed by atoms with E-state index in [0.29, 0.717) is 0 Å². The van der Waals surface area contributed by atoms with Gasteiger partial charge in [0.15, 0.2) is 0 Å². The number of carbonyl (C=O) groups is 2. The Labute approximate surface area is 145 Å². The second-order valence-electron chi connectivity index (χ2n) is 5.55. The van der Waals surface area contributed by atoms with Gasteiger partial charge < -0.3 is 16.0 Å². The van der Waals surface area contributed by atoms with Gasteiger partial charge >= 0.3 is 6.03 Å². The Bertz CT molecular complexity index is 717. The summed E-state index contributed by atoms with van der Waals surface area (Å²) in [6.07, 6.45) is 1.85. The van der Waals surface area contributed by atoms with Crippen molar-refractivity contribution >= 4 is 11.9 Å². The van der Waals surface area contributed by atoms with Crippen molar-refractivity contribution in [1.82, 2.24) is 25.7 Å². The number of nitrogens with zero attached hydrogens (tertiary/aromatic N) is 2. The maximum absolute atomic E-state index is 12.0. The van der Waals surface area contributed by atoms with Crippen LogP contribution in [0, 0.1) is 6.92 Å². The minimum absolute atomic E-state index is 0.0651. The van der Waals surface area contributed by atoms with Crippen LogP contribution in [0.5, 0.6) is 0 Å². The van der Waals surface area contributed by atoms with Crippen LogP contribution >= 0.6 is 0 Å². The standard InChI is InChI=1S/C17H22FN5O2/c1-12-14(11-23(22-12)15-6-4-3-5-7-15)10-20-17(25)21-13(2)16(24)19-9-8-18/h3-7,11,13H,8-10H2,1-2H3,(H,19,24)(H2,20,21,25)/t13-/m1/s1. The van der Waals surface area contributed by atoms with E-state index in [9.17, 15) is 14.0 Å². The molecular weight excluding hydrogens is 325 g/mol. The lowest BCUT2D eigenvalue weighted by atomic mass is 10.2. The van der Waals surface area contributed by atoms with E-state index >= 15 is 0 Å². The molecule has 0 aliphatic carbocycles. The highest BCUT2D eigenvalue weighted by Gasteiger charge is 2.15. The van der Waals surface area contributed by atoms with Crippen molar-refractivity contribution < 1.29 is 14.0 Å². The van der Waals surface area contributed by atoms with Crippen molar-refractivity contribution in [3.63, 3.8) is 0 Å². The summed E-state index contributed by atoms with van der Waals surface area (Å²) in [5.41, 5.74) is 2.60. The lowest BCUT2D eigenvalue weighted by Gasteiger charge is -2.14. The lowest BCUT2D eigenvalue weighted by Crippen LogP contribution is -2.48. The van der Waals surface area contributed by atoms with Gasteiger partial charge in [0, 0.05) is 24.8 Å². The van der Waals surface area contributed by atoms with E-state index in [-0.39, 0.29) is 13.1 Å². The number of aryl methyl sites for hydroxylation is 1. The van der Waals surface area contributed by atoms with Crippen molar-refractivity contribution in [1.29, 1.82) is 0 Å². The van der Waals surface area contributed by atoms with Crippen molar-refractivity contribution in [3.05, 3.63) is 47.8 Å². The number of urea groups is 1. The van der Waals surface area contributed by atoms with Crippen LogP contribution in [-0.2, 0) is 11.3 Å². The average molecular weight is 347 g/mol. The molecule has 3 N–H and O–H groups in total. The molecule has 2 rings (SSSR count). The van der Waals surface area contributed by atoms with Crippen molar-refractivity contribution in [3.8, 4) is 5.69 Å². The second kappa shape index (κ2) is 8.81. The normalized spacial score (nSPS) is 11.6. The number of halogens is 1. The molecule has 0 aliphatic rings. The molecule has 0 spiro atoms. The van der Waals surface area contributed by atoms with Crippen LogP contribution in [0.4, 0.5) is 9.18 Å². The molecule has 0 saturated carbocycles. The average Bonchev–Trinajstić information content (AvgIpc) is 2.99. The molecule has 1 atom stereocenters. The fourth-order valence-electron chi connectivity index (χ4n) is 2.19. The summed E-state index contributed by atoms with van der Waals surface area (Å²) < 4.78 is 13.8.